The van der Waals surface area contributed by atoms with Crippen LogP contribution < -0.4 is 30.9 Å². The highest BCUT2D eigenvalue weighted by Crippen LogP contribution is 2.38. The third kappa shape index (κ3) is 4.95. The first-order chi connectivity index (χ1) is 17.6. The number of anilines is 4. The Morgan fingerprint density at radius 2 is 1.97 bits per heavy atom. The van der Waals surface area contributed by atoms with E-state index in [1.165, 1.54) is 12.8 Å². The summed E-state index contributed by atoms with van der Waals surface area (Å²) in [6, 6.07) is 5.56. The van der Waals surface area contributed by atoms with Gasteiger partial charge in [0.2, 0.25) is 11.9 Å². The molecule has 2 fully saturated rings. The number of carbonyl (C=O) groups is 2. The third-order valence-electron chi connectivity index (χ3n) is 7.40. The Kier molecular flexibility index (Phi) is 7.22. The molecule has 10 nitrogen and oxygen atoms in total. The second-order valence-electron chi connectivity index (χ2n) is 9.73. The highest BCUT2D eigenvalue weighted by molar-refractivity contribution is 6.03. The quantitative estimate of drug-likeness (QED) is 0.464. The fourth-order valence-corrected chi connectivity index (χ4v) is 5.49. The standard InChI is InChI=1S/C26H35N7O3/c1-3-21-25(35)30-20-15-28-26(32-23(20)33(21)18-6-4-5-7-18)31-19-9-8-16(14-22(19)36-2)24(34)29-17-10-12-27-13-11-17/h8-9,14-15,17-18,21,27H,3-7,10-13H2,1-2H3,(H,29,34)(H,30,35)(H,28,31,32)/t21-/m0/s1. The molecular formula is C26H35N7O3. The first-order valence-corrected chi connectivity index (χ1v) is 13.0. The molecular weight excluding hydrogens is 458 g/mol. The van der Waals surface area contributed by atoms with Crippen LogP contribution in [0.2, 0.25) is 0 Å². The molecule has 0 bridgehead atoms. The lowest BCUT2D eigenvalue weighted by atomic mass is 10.0. The molecule has 1 aromatic heterocycles. The predicted octanol–water partition coefficient (Wildman–Crippen LogP) is 3.19. The number of piperidine rings is 1. The van der Waals surface area contributed by atoms with Crippen molar-refractivity contribution in [2.75, 3.05) is 35.7 Å². The van der Waals surface area contributed by atoms with Crippen molar-refractivity contribution in [3.63, 3.8) is 0 Å². The van der Waals surface area contributed by atoms with Gasteiger partial charge in [-0.1, -0.05) is 19.8 Å². The maximum atomic E-state index is 12.8. The van der Waals surface area contributed by atoms with Gasteiger partial charge < -0.3 is 30.9 Å². The number of nitrogens with zero attached hydrogens (tertiary/aromatic N) is 3. The minimum absolute atomic E-state index is 0.00114. The molecule has 5 rings (SSSR count). The Labute approximate surface area is 211 Å². The van der Waals surface area contributed by atoms with Gasteiger partial charge in [0.05, 0.1) is 19.0 Å². The second-order valence-corrected chi connectivity index (χ2v) is 9.73. The Morgan fingerprint density at radius 1 is 1.19 bits per heavy atom. The monoisotopic (exact) mass is 493 g/mol. The summed E-state index contributed by atoms with van der Waals surface area (Å²) in [5.41, 5.74) is 1.84. The summed E-state index contributed by atoms with van der Waals surface area (Å²) in [5.74, 6) is 1.59. The largest absolute Gasteiger partial charge is 0.495 e. The highest BCUT2D eigenvalue weighted by Gasteiger charge is 2.38. The number of hydrogen-bond acceptors (Lipinski definition) is 8. The van der Waals surface area contributed by atoms with Crippen molar-refractivity contribution in [1.29, 1.82) is 0 Å². The SMILES string of the molecule is CC[C@H]1C(=O)Nc2cnc(Nc3ccc(C(=O)NC4CCNCC4)cc3OC)nc2N1C1CCCC1. The van der Waals surface area contributed by atoms with Gasteiger partial charge in [0, 0.05) is 17.6 Å². The van der Waals surface area contributed by atoms with Crippen LogP contribution in [-0.2, 0) is 4.79 Å². The number of ether oxygens (including phenoxy) is 1. The summed E-state index contributed by atoms with van der Waals surface area (Å²) in [4.78, 5) is 37.0. The number of methoxy groups -OCH3 is 1. The van der Waals surface area contributed by atoms with Crippen molar-refractivity contribution in [2.45, 2.75) is 70.0 Å². The molecule has 1 atom stereocenters. The molecule has 36 heavy (non-hydrogen) atoms. The molecule has 0 radical (unpaired) electrons. The van der Waals surface area contributed by atoms with Gasteiger partial charge >= 0.3 is 0 Å². The minimum Gasteiger partial charge on any atom is -0.495 e. The van der Waals surface area contributed by atoms with E-state index < -0.39 is 0 Å². The van der Waals surface area contributed by atoms with E-state index in [1.807, 2.05) is 13.0 Å². The zero-order valence-electron chi connectivity index (χ0n) is 21.0. The van der Waals surface area contributed by atoms with Gasteiger partial charge in [0.1, 0.15) is 17.5 Å². The average molecular weight is 494 g/mol. The number of aromatic nitrogens is 2. The van der Waals surface area contributed by atoms with E-state index in [2.05, 4.69) is 31.2 Å². The number of rotatable bonds is 7. The van der Waals surface area contributed by atoms with Gasteiger partial charge in [0.25, 0.3) is 5.91 Å². The molecule has 0 spiro atoms. The number of amides is 2. The van der Waals surface area contributed by atoms with Crippen molar-refractivity contribution in [3.05, 3.63) is 30.0 Å². The van der Waals surface area contributed by atoms with E-state index in [0.717, 1.165) is 44.6 Å². The number of fused-ring (bicyclic) bond motifs is 1. The number of benzene rings is 1. The highest BCUT2D eigenvalue weighted by atomic mass is 16.5. The van der Waals surface area contributed by atoms with Crippen molar-refractivity contribution >= 4 is 35.0 Å². The van der Waals surface area contributed by atoms with Crippen molar-refractivity contribution < 1.29 is 14.3 Å². The summed E-state index contributed by atoms with van der Waals surface area (Å²) in [6.45, 7) is 3.86. The Bertz CT molecular complexity index is 1110. The van der Waals surface area contributed by atoms with Crippen LogP contribution in [0.1, 0.15) is 62.2 Å². The molecule has 10 heteroatoms. The maximum Gasteiger partial charge on any atom is 0.251 e. The van der Waals surface area contributed by atoms with E-state index in [1.54, 1.807) is 25.4 Å². The fourth-order valence-electron chi connectivity index (χ4n) is 5.49. The van der Waals surface area contributed by atoms with Gasteiger partial charge in [-0.25, -0.2) is 4.98 Å². The molecule has 2 aromatic rings. The van der Waals surface area contributed by atoms with E-state index >= 15 is 0 Å². The lowest BCUT2D eigenvalue weighted by Crippen LogP contribution is -2.52. The Morgan fingerprint density at radius 3 is 2.69 bits per heavy atom. The Hall–Kier alpha value is -3.40. The summed E-state index contributed by atoms with van der Waals surface area (Å²) in [6.07, 6.45) is 8.67. The second kappa shape index (κ2) is 10.7. The summed E-state index contributed by atoms with van der Waals surface area (Å²) < 4.78 is 5.59. The van der Waals surface area contributed by atoms with Crippen LogP contribution in [0.4, 0.5) is 23.1 Å². The molecule has 4 N–H and O–H groups in total. The number of carbonyl (C=O) groups excluding carboxylic acids is 2. The number of hydrogen-bond donors (Lipinski definition) is 4. The van der Waals surface area contributed by atoms with Crippen LogP contribution in [0, 0.1) is 0 Å². The van der Waals surface area contributed by atoms with Gasteiger partial charge in [-0.3, -0.25) is 9.59 Å². The molecule has 3 aliphatic rings. The van der Waals surface area contributed by atoms with Crippen molar-refractivity contribution in [2.24, 2.45) is 0 Å². The zero-order chi connectivity index (χ0) is 25.1. The van der Waals surface area contributed by atoms with E-state index in [9.17, 15) is 9.59 Å². The topological polar surface area (TPSA) is 121 Å². The van der Waals surface area contributed by atoms with Gasteiger partial charge in [-0.15, -0.1) is 0 Å². The van der Waals surface area contributed by atoms with Crippen LogP contribution in [0.3, 0.4) is 0 Å². The van der Waals surface area contributed by atoms with Gasteiger partial charge in [0.15, 0.2) is 5.82 Å². The van der Waals surface area contributed by atoms with Crippen LogP contribution in [0.25, 0.3) is 0 Å². The van der Waals surface area contributed by atoms with Crippen molar-refractivity contribution in [1.82, 2.24) is 20.6 Å². The Balaban J connectivity index is 1.37. The van der Waals surface area contributed by atoms with Crippen LogP contribution in [-0.4, -0.2) is 60.1 Å². The normalized spacial score (nSPS) is 20.6. The first-order valence-electron chi connectivity index (χ1n) is 13.0. The van der Waals surface area contributed by atoms with Crippen LogP contribution in [0.15, 0.2) is 24.4 Å². The fraction of sp³-hybridized carbons (Fsp3) is 0.538. The molecule has 1 aromatic carbocycles. The maximum absolute atomic E-state index is 12.8. The molecule has 2 aliphatic heterocycles. The van der Waals surface area contributed by atoms with E-state index in [4.69, 9.17) is 9.72 Å². The molecule has 1 saturated carbocycles. The van der Waals surface area contributed by atoms with E-state index in [0.29, 0.717) is 41.1 Å². The predicted molar refractivity (Wildman–Crippen MR) is 139 cm³/mol. The third-order valence-corrected chi connectivity index (χ3v) is 7.40. The first kappa shape index (κ1) is 24.3. The summed E-state index contributed by atoms with van der Waals surface area (Å²) >= 11 is 0. The van der Waals surface area contributed by atoms with Crippen molar-refractivity contribution in [3.8, 4) is 5.75 Å². The van der Waals surface area contributed by atoms with Crippen LogP contribution >= 0.6 is 0 Å². The summed E-state index contributed by atoms with van der Waals surface area (Å²) in [7, 11) is 1.58. The summed E-state index contributed by atoms with van der Waals surface area (Å²) in [5, 5.41) is 12.6. The zero-order valence-corrected chi connectivity index (χ0v) is 21.0. The molecule has 192 valence electrons. The lowest BCUT2D eigenvalue weighted by molar-refractivity contribution is -0.117. The average Bonchev–Trinajstić information content (AvgIpc) is 3.43. The number of nitrogens with one attached hydrogen (secondary N) is 4. The van der Waals surface area contributed by atoms with Gasteiger partial charge in [-0.2, -0.15) is 4.98 Å². The molecule has 2 amide bonds. The van der Waals surface area contributed by atoms with Gasteiger partial charge in [-0.05, 0) is 63.4 Å². The molecule has 0 unspecified atom stereocenters. The molecule has 1 saturated heterocycles. The minimum atomic E-state index is -0.240. The lowest BCUT2D eigenvalue weighted by Gasteiger charge is -2.40. The van der Waals surface area contributed by atoms with E-state index in [-0.39, 0.29) is 23.9 Å². The smallest absolute Gasteiger partial charge is 0.251 e. The molecule has 1 aliphatic carbocycles. The molecule has 3 heterocycles. The van der Waals surface area contributed by atoms with Crippen LogP contribution in [0.5, 0.6) is 5.75 Å².